The highest BCUT2D eigenvalue weighted by Gasteiger charge is 2.10. The molecule has 1 heterocycles. The summed E-state index contributed by atoms with van der Waals surface area (Å²) in [6.07, 6.45) is 1.59. The molecule has 1 atom stereocenters. The van der Waals surface area contributed by atoms with Gasteiger partial charge in [-0.05, 0) is 38.0 Å². The Balaban J connectivity index is 1.53. The van der Waals surface area contributed by atoms with Gasteiger partial charge in [-0.2, -0.15) is 0 Å². The van der Waals surface area contributed by atoms with Crippen molar-refractivity contribution in [2.24, 2.45) is 0 Å². The first-order chi connectivity index (χ1) is 12.5. The number of aromatic amines is 1. The van der Waals surface area contributed by atoms with Gasteiger partial charge in [-0.1, -0.05) is 42.0 Å². The molecule has 26 heavy (non-hydrogen) atoms. The molecule has 0 aliphatic heterocycles. The van der Waals surface area contributed by atoms with Crippen molar-refractivity contribution in [2.75, 3.05) is 0 Å². The van der Waals surface area contributed by atoms with Gasteiger partial charge >= 0.3 is 0 Å². The van der Waals surface area contributed by atoms with Crippen LogP contribution in [-0.4, -0.2) is 15.9 Å². The summed E-state index contributed by atoms with van der Waals surface area (Å²) in [6, 6.07) is 15.4. The molecular weight excluding hydrogens is 326 g/mol. The van der Waals surface area contributed by atoms with Crippen LogP contribution < -0.4 is 10.9 Å². The second-order valence-electron chi connectivity index (χ2n) is 6.58. The normalized spacial score (nSPS) is 12.1. The molecule has 3 aromatic rings. The van der Waals surface area contributed by atoms with Crippen LogP contribution >= 0.6 is 0 Å². The minimum atomic E-state index is -0.136. The summed E-state index contributed by atoms with van der Waals surface area (Å²) < 4.78 is 0. The van der Waals surface area contributed by atoms with Crippen LogP contribution in [0.3, 0.4) is 0 Å². The molecule has 0 saturated carbocycles. The SMILES string of the molecule is Cc1ccc(C(C)NC(=O)CCCc2nc3ccccc3c(=O)[nH]2)cc1. The molecule has 0 aliphatic carbocycles. The van der Waals surface area contributed by atoms with Gasteiger partial charge in [-0.25, -0.2) is 4.98 Å². The van der Waals surface area contributed by atoms with Gasteiger partial charge in [0.15, 0.2) is 0 Å². The number of carbonyl (C=O) groups is 1. The third-order valence-electron chi connectivity index (χ3n) is 4.43. The predicted octanol–water partition coefficient (Wildman–Crippen LogP) is 3.43. The molecule has 2 aromatic carbocycles. The fourth-order valence-electron chi connectivity index (χ4n) is 2.92. The zero-order chi connectivity index (χ0) is 18.5. The van der Waals surface area contributed by atoms with Crippen LogP contribution in [0.2, 0.25) is 0 Å². The Morgan fingerprint density at radius 3 is 2.65 bits per heavy atom. The van der Waals surface area contributed by atoms with E-state index in [-0.39, 0.29) is 17.5 Å². The molecule has 1 unspecified atom stereocenters. The first kappa shape index (κ1) is 17.9. The van der Waals surface area contributed by atoms with Crippen molar-refractivity contribution in [2.45, 2.75) is 39.2 Å². The van der Waals surface area contributed by atoms with Crippen LogP contribution in [0.25, 0.3) is 10.9 Å². The number of para-hydroxylation sites is 1. The predicted molar refractivity (Wildman–Crippen MR) is 103 cm³/mol. The maximum absolute atomic E-state index is 12.2. The molecule has 5 heteroatoms. The summed E-state index contributed by atoms with van der Waals surface area (Å²) >= 11 is 0. The van der Waals surface area contributed by atoms with E-state index in [1.54, 1.807) is 6.07 Å². The number of aryl methyl sites for hydroxylation is 2. The van der Waals surface area contributed by atoms with E-state index in [2.05, 4.69) is 15.3 Å². The summed E-state index contributed by atoms with van der Waals surface area (Å²) in [5.41, 5.74) is 2.83. The lowest BCUT2D eigenvalue weighted by Gasteiger charge is -2.14. The van der Waals surface area contributed by atoms with E-state index < -0.39 is 0 Å². The second kappa shape index (κ2) is 7.95. The van der Waals surface area contributed by atoms with Crippen LogP contribution in [0.15, 0.2) is 53.3 Å². The number of H-pyrrole nitrogens is 1. The fraction of sp³-hybridized carbons (Fsp3) is 0.286. The average Bonchev–Trinajstić information content (AvgIpc) is 2.62. The summed E-state index contributed by atoms with van der Waals surface area (Å²) in [4.78, 5) is 31.5. The Hall–Kier alpha value is -2.95. The molecule has 134 valence electrons. The van der Waals surface area contributed by atoms with Crippen molar-refractivity contribution in [3.8, 4) is 0 Å². The number of fused-ring (bicyclic) bond motifs is 1. The number of carbonyl (C=O) groups excluding carboxylic acids is 1. The number of rotatable bonds is 6. The number of amides is 1. The van der Waals surface area contributed by atoms with Crippen molar-refractivity contribution in [1.29, 1.82) is 0 Å². The van der Waals surface area contributed by atoms with Gasteiger partial charge in [0.25, 0.3) is 5.56 Å². The first-order valence-electron chi connectivity index (χ1n) is 8.87. The zero-order valence-electron chi connectivity index (χ0n) is 15.1. The zero-order valence-corrected chi connectivity index (χ0v) is 15.1. The highest BCUT2D eigenvalue weighted by molar-refractivity contribution is 5.77. The van der Waals surface area contributed by atoms with Crippen LogP contribution in [0.1, 0.15) is 42.8 Å². The van der Waals surface area contributed by atoms with Gasteiger partial charge in [-0.3, -0.25) is 9.59 Å². The number of benzene rings is 2. The molecule has 0 radical (unpaired) electrons. The lowest BCUT2D eigenvalue weighted by Crippen LogP contribution is -2.26. The summed E-state index contributed by atoms with van der Waals surface area (Å²) in [5, 5.41) is 3.60. The van der Waals surface area contributed by atoms with Crippen molar-refractivity contribution < 1.29 is 4.79 Å². The molecule has 5 nitrogen and oxygen atoms in total. The average molecular weight is 349 g/mol. The van der Waals surface area contributed by atoms with Gasteiger partial charge in [0, 0.05) is 12.8 Å². The van der Waals surface area contributed by atoms with Crippen LogP contribution in [0, 0.1) is 6.92 Å². The Bertz CT molecular complexity index is 961. The topological polar surface area (TPSA) is 74.8 Å². The van der Waals surface area contributed by atoms with E-state index >= 15 is 0 Å². The highest BCUT2D eigenvalue weighted by Crippen LogP contribution is 2.13. The molecule has 0 bridgehead atoms. The quantitative estimate of drug-likeness (QED) is 0.716. The van der Waals surface area contributed by atoms with E-state index in [4.69, 9.17) is 0 Å². The molecular formula is C21H23N3O2. The van der Waals surface area contributed by atoms with E-state index in [1.165, 1.54) is 5.56 Å². The maximum atomic E-state index is 12.2. The Morgan fingerprint density at radius 1 is 1.15 bits per heavy atom. The van der Waals surface area contributed by atoms with Crippen LogP contribution in [0.4, 0.5) is 0 Å². The minimum Gasteiger partial charge on any atom is -0.350 e. The van der Waals surface area contributed by atoms with Gasteiger partial charge in [0.1, 0.15) is 5.82 Å². The highest BCUT2D eigenvalue weighted by atomic mass is 16.1. The molecule has 0 aliphatic rings. The van der Waals surface area contributed by atoms with Gasteiger partial charge in [0.05, 0.1) is 16.9 Å². The second-order valence-corrected chi connectivity index (χ2v) is 6.58. The molecule has 1 aromatic heterocycles. The smallest absolute Gasteiger partial charge is 0.258 e. The molecule has 3 rings (SSSR count). The van der Waals surface area contributed by atoms with Crippen LogP contribution in [-0.2, 0) is 11.2 Å². The lowest BCUT2D eigenvalue weighted by molar-refractivity contribution is -0.121. The van der Waals surface area contributed by atoms with Gasteiger partial charge in [-0.15, -0.1) is 0 Å². The van der Waals surface area contributed by atoms with Crippen molar-refractivity contribution >= 4 is 16.8 Å². The molecule has 1 amide bonds. The largest absolute Gasteiger partial charge is 0.350 e. The minimum absolute atomic E-state index is 0.00112. The molecule has 0 spiro atoms. The third kappa shape index (κ3) is 4.36. The summed E-state index contributed by atoms with van der Waals surface area (Å²) in [7, 11) is 0. The van der Waals surface area contributed by atoms with E-state index in [9.17, 15) is 9.59 Å². The van der Waals surface area contributed by atoms with Gasteiger partial charge < -0.3 is 10.3 Å². The first-order valence-corrected chi connectivity index (χ1v) is 8.87. The Labute approximate surface area is 152 Å². The standard InChI is InChI=1S/C21H23N3O2/c1-14-10-12-16(13-11-14)15(2)22-20(25)9-5-8-19-23-18-7-4-3-6-17(18)21(26)24-19/h3-4,6-7,10-13,15H,5,8-9H2,1-2H3,(H,22,25)(H,23,24,26). The Morgan fingerprint density at radius 2 is 1.88 bits per heavy atom. The molecule has 0 fully saturated rings. The number of nitrogens with one attached hydrogen (secondary N) is 2. The molecule has 2 N–H and O–H groups in total. The van der Waals surface area contributed by atoms with Crippen molar-refractivity contribution in [1.82, 2.24) is 15.3 Å². The summed E-state index contributed by atoms with van der Waals surface area (Å²) in [5.74, 6) is 0.620. The molecule has 0 saturated heterocycles. The number of hydrogen-bond acceptors (Lipinski definition) is 3. The van der Waals surface area contributed by atoms with Crippen LogP contribution in [0.5, 0.6) is 0 Å². The van der Waals surface area contributed by atoms with Gasteiger partial charge in [0.2, 0.25) is 5.91 Å². The van der Waals surface area contributed by atoms with E-state index in [0.717, 1.165) is 5.56 Å². The monoisotopic (exact) mass is 349 g/mol. The lowest BCUT2D eigenvalue weighted by atomic mass is 10.1. The van der Waals surface area contributed by atoms with Crippen molar-refractivity contribution in [3.05, 3.63) is 75.8 Å². The number of nitrogens with zero attached hydrogens (tertiary/aromatic N) is 1. The van der Waals surface area contributed by atoms with Crippen molar-refractivity contribution in [3.63, 3.8) is 0 Å². The summed E-state index contributed by atoms with van der Waals surface area (Å²) in [6.45, 7) is 4.02. The Kier molecular flexibility index (Phi) is 5.46. The van der Waals surface area contributed by atoms with E-state index in [1.807, 2.05) is 56.3 Å². The van der Waals surface area contributed by atoms with E-state index in [0.29, 0.717) is 36.0 Å². The third-order valence-corrected chi connectivity index (χ3v) is 4.43. The fourth-order valence-corrected chi connectivity index (χ4v) is 2.92. The number of aromatic nitrogens is 2. The number of hydrogen-bond donors (Lipinski definition) is 2. The maximum Gasteiger partial charge on any atom is 0.258 e.